The van der Waals surface area contributed by atoms with E-state index in [0.717, 1.165) is 45.3 Å². The highest BCUT2D eigenvalue weighted by Crippen LogP contribution is 2.31. The van der Waals surface area contributed by atoms with Crippen LogP contribution in [0.5, 0.6) is 5.75 Å². The Kier molecular flexibility index (Phi) is 8.17. The molecule has 1 saturated heterocycles. The zero-order valence-corrected chi connectivity index (χ0v) is 25.1. The van der Waals surface area contributed by atoms with Crippen molar-refractivity contribution in [3.05, 3.63) is 108 Å². The van der Waals surface area contributed by atoms with Crippen LogP contribution in [0.1, 0.15) is 16.7 Å². The number of hydrogen-bond donors (Lipinski definition) is 2. The van der Waals surface area contributed by atoms with E-state index in [1.165, 1.54) is 0 Å². The van der Waals surface area contributed by atoms with E-state index in [1.807, 2.05) is 55.5 Å². The lowest BCUT2D eigenvalue weighted by atomic mass is 10.1. The molecule has 2 N–H and O–H groups in total. The van der Waals surface area contributed by atoms with Gasteiger partial charge in [0.25, 0.3) is 5.91 Å². The molecule has 4 amide bonds. The lowest BCUT2D eigenvalue weighted by Gasteiger charge is -2.13. The van der Waals surface area contributed by atoms with Crippen molar-refractivity contribution >= 4 is 85.6 Å². The summed E-state index contributed by atoms with van der Waals surface area (Å²) in [5, 5.41) is 7.62. The molecule has 0 spiro atoms. The summed E-state index contributed by atoms with van der Waals surface area (Å²) < 4.78 is 7.96. The van der Waals surface area contributed by atoms with Gasteiger partial charge in [0, 0.05) is 5.69 Å². The van der Waals surface area contributed by atoms with E-state index >= 15 is 0 Å². The maximum absolute atomic E-state index is 12.9. The first-order valence-electron chi connectivity index (χ1n) is 12.1. The molecule has 0 unspecified atom stereocenters. The van der Waals surface area contributed by atoms with Crippen molar-refractivity contribution in [2.24, 2.45) is 0 Å². The number of hydrogen-bond acceptors (Lipinski definition) is 4. The van der Waals surface area contributed by atoms with Crippen LogP contribution in [0.15, 0.2) is 84.6 Å². The molecular weight excluding hydrogens is 720 g/mol. The number of ether oxygens (including phenoxy) is 1. The summed E-state index contributed by atoms with van der Waals surface area (Å²) in [5.74, 6) is -0.259. The number of nitrogens with zero attached hydrogens (tertiary/aromatic N) is 1. The predicted molar refractivity (Wildman–Crippen MR) is 168 cm³/mol. The van der Waals surface area contributed by atoms with Crippen LogP contribution in [0, 0.1) is 14.1 Å². The Bertz CT molecular complexity index is 1620. The minimum atomic E-state index is -0.634. The number of urea groups is 1. The van der Waals surface area contributed by atoms with Gasteiger partial charge in [-0.1, -0.05) is 54.6 Å². The number of halogens is 2. The molecule has 0 saturated carbocycles. The number of benzene rings is 4. The first-order chi connectivity index (χ1) is 18.8. The highest BCUT2D eigenvalue weighted by Gasteiger charge is 2.35. The third kappa shape index (κ3) is 6.25. The molecule has 0 aromatic heterocycles. The smallest absolute Gasteiger partial charge is 0.329 e. The van der Waals surface area contributed by atoms with Gasteiger partial charge < -0.3 is 15.4 Å². The molecule has 5 rings (SSSR count). The number of aryl methyl sites for hydroxylation is 1. The number of nitrogens with one attached hydrogen (secondary N) is 2. The molecule has 1 fully saturated rings. The summed E-state index contributed by atoms with van der Waals surface area (Å²) in [6, 6.07) is 24.8. The molecule has 7 nitrogen and oxygen atoms in total. The molecule has 0 radical (unpaired) electrons. The number of fused-ring (bicyclic) bond motifs is 1. The fraction of sp³-hybridized carbons (Fsp3) is 0.100. The van der Waals surface area contributed by atoms with Crippen molar-refractivity contribution in [3.63, 3.8) is 0 Å². The van der Waals surface area contributed by atoms with Crippen molar-refractivity contribution < 1.29 is 19.1 Å². The number of rotatable bonds is 7. The van der Waals surface area contributed by atoms with Gasteiger partial charge in [-0.2, -0.15) is 0 Å². The highest BCUT2D eigenvalue weighted by atomic mass is 127. The summed E-state index contributed by atoms with van der Waals surface area (Å²) in [5.41, 5.74) is 3.53. The molecule has 0 atom stereocenters. The van der Waals surface area contributed by atoms with Crippen molar-refractivity contribution in [3.8, 4) is 5.75 Å². The molecular formula is C30H23I2N3O4. The van der Waals surface area contributed by atoms with Crippen LogP contribution in [0.2, 0.25) is 0 Å². The van der Waals surface area contributed by atoms with Gasteiger partial charge in [0.05, 0.1) is 7.14 Å². The van der Waals surface area contributed by atoms with E-state index in [4.69, 9.17) is 4.74 Å². The molecule has 1 aliphatic rings. The largest absolute Gasteiger partial charge is 0.487 e. The lowest BCUT2D eigenvalue weighted by Crippen LogP contribution is -2.38. The zero-order valence-electron chi connectivity index (χ0n) is 20.8. The molecule has 0 bridgehead atoms. The first-order valence-corrected chi connectivity index (χ1v) is 14.2. The summed E-state index contributed by atoms with van der Waals surface area (Å²) in [6.07, 6.45) is 1.61. The second kappa shape index (κ2) is 11.7. The summed E-state index contributed by atoms with van der Waals surface area (Å²) in [6.45, 7) is 1.95. The fourth-order valence-corrected chi connectivity index (χ4v) is 6.45. The maximum atomic E-state index is 12.9. The van der Waals surface area contributed by atoms with E-state index in [1.54, 1.807) is 12.1 Å². The summed E-state index contributed by atoms with van der Waals surface area (Å²) >= 11 is 4.41. The third-order valence-electron chi connectivity index (χ3n) is 6.15. The Balaban J connectivity index is 1.28. The van der Waals surface area contributed by atoms with Gasteiger partial charge in [0.1, 0.15) is 24.6 Å². The zero-order chi connectivity index (χ0) is 27.5. The fourth-order valence-electron chi connectivity index (χ4n) is 4.32. The van der Waals surface area contributed by atoms with Crippen molar-refractivity contribution in [1.82, 2.24) is 10.2 Å². The summed E-state index contributed by atoms with van der Waals surface area (Å²) in [4.78, 5) is 38.8. The Hall–Kier alpha value is -3.45. The number of amides is 4. The minimum absolute atomic E-state index is 0.111. The van der Waals surface area contributed by atoms with Crippen molar-refractivity contribution in [2.75, 3.05) is 11.9 Å². The van der Waals surface area contributed by atoms with E-state index in [2.05, 4.69) is 80.1 Å². The average molecular weight is 743 g/mol. The number of carbonyl (C=O) groups is 3. The van der Waals surface area contributed by atoms with E-state index < -0.39 is 17.8 Å². The SMILES string of the molecule is Cc1cccc(NC(=O)CN2C(=O)N/C(=C/c3cc(I)c(OCc4cccc5ccccc45)c(I)c3)C2=O)c1. The molecule has 0 aliphatic carbocycles. The standard InChI is InChI=1S/C30H23I2N3O4/c1-18-6-4-10-22(12-18)33-27(36)16-35-29(37)26(34-30(35)38)15-19-13-24(31)28(25(32)14-19)39-17-21-9-5-8-20-7-2-3-11-23(20)21/h2-15H,16-17H2,1H3,(H,33,36)(H,34,38)/b26-15+. The quantitative estimate of drug-likeness (QED) is 0.129. The number of carbonyl (C=O) groups excluding carboxylic acids is 3. The normalized spacial score (nSPS) is 14.1. The van der Waals surface area contributed by atoms with Crippen LogP contribution in [0.25, 0.3) is 16.8 Å². The Labute approximate surface area is 252 Å². The van der Waals surface area contributed by atoms with Crippen LogP contribution in [0.4, 0.5) is 10.5 Å². The van der Waals surface area contributed by atoms with Crippen LogP contribution in [-0.4, -0.2) is 29.3 Å². The van der Waals surface area contributed by atoms with Crippen LogP contribution < -0.4 is 15.4 Å². The topological polar surface area (TPSA) is 87.7 Å². The average Bonchev–Trinajstić information content (AvgIpc) is 3.15. The second-order valence-electron chi connectivity index (χ2n) is 9.04. The minimum Gasteiger partial charge on any atom is -0.487 e. The number of imide groups is 1. The van der Waals surface area contributed by atoms with Gasteiger partial charge in [-0.25, -0.2) is 9.69 Å². The van der Waals surface area contributed by atoms with Crippen LogP contribution in [-0.2, 0) is 16.2 Å². The molecule has 4 aromatic carbocycles. The third-order valence-corrected chi connectivity index (χ3v) is 7.75. The van der Waals surface area contributed by atoms with Gasteiger partial charge in [-0.15, -0.1) is 0 Å². The van der Waals surface area contributed by atoms with E-state index in [0.29, 0.717) is 12.3 Å². The second-order valence-corrected chi connectivity index (χ2v) is 11.4. The monoisotopic (exact) mass is 743 g/mol. The van der Waals surface area contributed by atoms with Gasteiger partial charge in [-0.3, -0.25) is 9.59 Å². The summed E-state index contributed by atoms with van der Waals surface area (Å²) in [7, 11) is 0. The van der Waals surface area contributed by atoms with Gasteiger partial charge >= 0.3 is 6.03 Å². The molecule has 1 aliphatic heterocycles. The Morgan fingerprint density at radius 2 is 1.69 bits per heavy atom. The van der Waals surface area contributed by atoms with E-state index in [9.17, 15) is 14.4 Å². The molecule has 196 valence electrons. The van der Waals surface area contributed by atoms with Crippen molar-refractivity contribution in [2.45, 2.75) is 13.5 Å². The van der Waals surface area contributed by atoms with E-state index in [-0.39, 0.29) is 12.2 Å². The van der Waals surface area contributed by atoms with Gasteiger partial charge in [0.2, 0.25) is 5.91 Å². The van der Waals surface area contributed by atoms with Crippen molar-refractivity contribution in [1.29, 1.82) is 0 Å². The predicted octanol–water partition coefficient (Wildman–Crippen LogP) is 6.47. The Morgan fingerprint density at radius 1 is 0.974 bits per heavy atom. The number of anilines is 1. The molecule has 39 heavy (non-hydrogen) atoms. The van der Waals surface area contributed by atoms with Crippen LogP contribution in [0.3, 0.4) is 0 Å². The lowest BCUT2D eigenvalue weighted by molar-refractivity contribution is -0.127. The Morgan fingerprint density at radius 3 is 2.46 bits per heavy atom. The van der Waals surface area contributed by atoms with Gasteiger partial charge in [-0.05, 0) is 110 Å². The molecule has 1 heterocycles. The highest BCUT2D eigenvalue weighted by molar-refractivity contribution is 14.1. The molecule has 9 heteroatoms. The van der Waals surface area contributed by atoms with Gasteiger partial charge in [0.15, 0.2) is 0 Å². The first kappa shape index (κ1) is 27.1. The molecule has 4 aromatic rings. The maximum Gasteiger partial charge on any atom is 0.329 e. The van der Waals surface area contributed by atoms with Crippen LogP contribution >= 0.6 is 45.2 Å².